The molecule has 0 rings (SSSR count). The Hall–Kier alpha value is -0.870. The van der Waals surface area contributed by atoms with Crippen molar-refractivity contribution < 1.29 is 4.79 Å². The third kappa shape index (κ3) is 6.62. The van der Waals surface area contributed by atoms with E-state index in [-0.39, 0.29) is 11.9 Å². The smallest absolute Gasteiger partial charge is 0.237 e. The van der Waals surface area contributed by atoms with Crippen molar-refractivity contribution in [1.29, 1.82) is 0 Å². The zero-order valence-corrected chi connectivity index (χ0v) is 8.88. The first-order valence-electron chi connectivity index (χ1n) is 5.01. The quantitative estimate of drug-likeness (QED) is 0.381. The van der Waals surface area contributed by atoms with Gasteiger partial charge in [-0.25, -0.2) is 0 Å². The van der Waals surface area contributed by atoms with Crippen LogP contribution in [0.25, 0.3) is 0 Å². The van der Waals surface area contributed by atoms with Gasteiger partial charge in [-0.2, -0.15) is 0 Å². The van der Waals surface area contributed by atoms with Crippen LogP contribution in [0.3, 0.4) is 0 Å². The van der Waals surface area contributed by atoms with Crippen LogP contribution in [0.2, 0.25) is 0 Å². The van der Waals surface area contributed by atoms with E-state index in [9.17, 15) is 4.79 Å². The maximum atomic E-state index is 11.3. The minimum absolute atomic E-state index is 0.0886. The standard InChI is InChI=1S/C10H21N3O/c1-3-7-13-10(14)9(11)6-4-5-8-12-2/h3,9,12H,1,4-8,11H2,2H3,(H,13,14). The zero-order valence-electron chi connectivity index (χ0n) is 8.88. The number of unbranched alkanes of at least 4 members (excludes halogenated alkanes) is 1. The zero-order chi connectivity index (χ0) is 10.8. The van der Waals surface area contributed by atoms with E-state index in [2.05, 4.69) is 17.2 Å². The van der Waals surface area contributed by atoms with Crippen molar-refractivity contribution in [3.63, 3.8) is 0 Å². The summed E-state index contributed by atoms with van der Waals surface area (Å²) in [5, 5.41) is 5.73. The molecule has 1 amide bonds. The summed E-state index contributed by atoms with van der Waals surface area (Å²) in [5.41, 5.74) is 5.67. The molecule has 14 heavy (non-hydrogen) atoms. The number of amides is 1. The third-order valence-electron chi connectivity index (χ3n) is 1.95. The van der Waals surface area contributed by atoms with Crippen LogP contribution < -0.4 is 16.4 Å². The molecule has 0 spiro atoms. The average Bonchev–Trinajstić information content (AvgIpc) is 2.20. The highest BCUT2D eigenvalue weighted by atomic mass is 16.2. The van der Waals surface area contributed by atoms with E-state index >= 15 is 0 Å². The highest BCUT2D eigenvalue weighted by Gasteiger charge is 2.10. The molecular formula is C10H21N3O. The van der Waals surface area contributed by atoms with Crippen molar-refractivity contribution in [3.05, 3.63) is 12.7 Å². The number of hydrogen-bond acceptors (Lipinski definition) is 3. The van der Waals surface area contributed by atoms with Gasteiger partial charge >= 0.3 is 0 Å². The van der Waals surface area contributed by atoms with E-state index in [0.29, 0.717) is 6.54 Å². The molecule has 4 nitrogen and oxygen atoms in total. The molecule has 0 saturated carbocycles. The Balaban J connectivity index is 3.46. The molecule has 4 N–H and O–H groups in total. The van der Waals surface area contributed by atoms with Crippen molar-refractivity contribution in [2.45, 2.75) is 25.3 Å². The summed E-state index contributed by atoms with van der Waals surface area (Å²) in [6, 6.07) is -0.383. The molecule has 0 aliphatic carbocycles. The topological polar surface area (TPSA) is 67.2 Å². The largest absolute Gasteiger partial charge is 0.351 e. The maximum Gasteiger partial charge on any atom is 0.237 e. The third-order valence-corrected chi connectivity index (χ3v) is 1.95. The van der Waals surface area contributed by atoms with Gasteiger partial charge in [0.2, 0.25) is 5.91 Å². The molecule has 0 radical (unpaired) electrons. The maximum absolute atomic E-state index is 11.3. The Morgan fingerprint density at radius 1 is 1.57 bits per heavy atom. The van der Waals surface area contributed by atoms with E-state index < -0.39 is 0 Å². The van der Waals surface area contributed by atoms with Gasteiger partial charge < -0.3 is 16.4 Å². The number of hydrogen-bond donors (Lipinski definition) is 3. The summed E-state index contributed by atoms with van der Waals surface area (Å²) in [7, 11) is 1.91. The van der Waals surface area contributed by atoms with Crippen LogP contribution in [0.1, 0.15) is 19.3 Å². The van der Waals surface area contributed by atoms with Crippen molar-refractivity contribution in [2.24, 2.45) is 5.73 Å². The number of nitrogens with one attached hydrogen (secondary N) is 2. The second kappa shape index (κ2) is 8.72. The summed E-state index contributed by atoms with van der Waals surface area (Å²) in [4.78, 5) is 11.3. The Kier molecular flexibility index (Phi) is 8.17. The molecule has 0 aromatic carbocycles. The molecular weight excluding hydrogens is 178 g/mol. The summed E-state index contributed by atoms with van der Waals surface area (Å²) in [6.07, 6.45) is 4.42. The highest BCUT2D eigenvalue weighted by molar-refractivity contribution is 5.81. The fourth-order valence-electron chi connectivity index (χ4n) is 1.10. The number of carbonyl (C=O) groups excluding carboxylic acids is 1. The lowest BCUT2D eigenvalue weighted by Crippen LogP contribution is -2.40. The van der Waals surface area contributed by atoms with Crippen LogP contribution in [0, 0.1) is 0 Å². The molecule has 0 saturated heterocycles. The van der Waals surface area contributed by atoms with Gasteiger partial charge in [0.1, 0.15) is 0 Å². The predicted molar refractivity (Wildman–Crippen MR) is 59.0 cm³/mol. The van der Waals surface area contributed by atoms with E-state index in [1.165, 1.54) is 0 Å². The number of carbonyl (C=O) groups is 1. The van der Waals surface area contributed by atoms with Crippen LogP contribution in [0.15, 0.2) is 12.7 Å². The van der Waals surface area contributed by atoms with Crippen LogP contribution in [-0.2, 0) is 4.79 Å². The van der Waals surface area contributed by atoms with E-state index in [4.69, 9.17) is 5.73 Å². The first-order chi connectivity index (χ1) is 6.72. The predicted octanol–water partition coefficient (Wildman–Crippen LogP) is 0.00560. The van der Waals surface area contributed by atoms with Crippen molar-refractivity contribution >= 4 is 5.91 Å². The van der Waals surface area contributed by atoms with Crippen molar-refractivity contribution in [1.82, 2.24) is 10.6 Å². The lowest BCUT2D eigenvalue weighted by molar-refractivity contribution is -0.122. The summed E-state index contributed by atoms with van der Waals surface area (Å²) in [6.45, 7) is 4.98. The van der Waals surface area contributed by atoms with Crippen LogP contribution in [0.4, 0.5) is 0 Å². The molecule has 0 aromatic rings. The van der Waals surface area contributed by atoms with Crippen molar-refractivity contribution in [2.75, 3.05) is 20.1 Å². The molecule has 82 valence electrons. The van der Waals surface area contributed by atoms with Crippen LogP contribution in [0.5, 0.6) is 0 Å². The van der Waals surface area contributed by atoms with Gasteiger partial charge in [0.15, 0.2) is 0 Å². The van der Waals surface area contributed by atoms with Crippen LogP contribution >= 0.6 is 0 Å². The Morgan fingerprint density at radius 3 is 2.86 bits per heavy atom. The van der Waals surface area contributed by atoms with Gasteiger partial charge in [-0.1, -0.05) is 12.5 Å². The molecule has 1 unspecified atom stereocenters. The minimum Gasteiger partial charge on any atom is -0.351 e. The Morgan fingerprint density at radius 2 is 2.29 bits per heavy atom. The highest BCUT2D eigenvalue weighted by Crippen LogP contribution is 1.98. The first-order valence-corrected chi connectivity index (χ1v) is 5.01. The molecule has 0 bridgehead atoms. The Labute approximate surface area is 85.9 Å². The lowest BCUT2D eigenvalue weighted by Gasteiger charge is -2.10. The van der Waals surface area contributed by atoms with Gasteiger partial charge in [0.25, 0.3) is 0 Å². The van der Waals surface area contributed by atoms with Gasteiger partial charge in [-0.3, -0.25) is 4.79 Å². The Bertz CT molecular complexity index is 171. The second-order valence-corrected chi connectivity index (χ2v) is 3.24. The summed E-state index contributed by atoms with van der Waals surface area (Å²) >= 11 is 0. The molecule has 0 aromatic heterocycles. The second-order valence-electron chi connectivity index (χ2n) is 3.24. The van der Waals surface area contributed by atoms with Crippen molar-refractivity contribution in [3.8, 4) is 0 Å². The normalized spacial score (nSPS) is 12.1. The molecule has 4 heteroatoms. The fourth-order valence-corrected chi connectivity index (χ4v) is 1.10. The molecule has 0 aliphatic heterocycles. The number of rotatable bonds is 8. The van der Waals surface area contributed by atoms with E-state index in [1.807, 2.05) is 7.05 Å². The number of nitrogens with two attached hydrogens (primary N) is 1. The van der Waals surface area contributed by atoms with Gasteiger partial charge in [0, 0.05) is 6.54 Å². The monoisotopic (exact) mass is 199 g/mol. The molecule has 0 fully saturated rings. The first kappa shape index (κ1) is 13.1. The van der Waals surface area contributed by atoms with Gasteiger partial charge in [-0.05, 0) is 26.4 Å². The SMILES string of the molecule is C=CCNC(=O)C(N)CCCCNC. The molecule has 0 aliphatic rings. The average molecular weight is 199 g/mol. The fraction of sp³-hybridized carbons (Fsp3) is 0.700. The van der Waals surface area contributed by atoms with Gasteiger partial charge in [-0.15, -0.1) is 6.58 Å². The molecule has 0 heterocycles. The van der Waals surface area contributed by atoms with E-state index in [0.717, 1.165) is 25.8 Å². The summed E-state index contributed by atoms with van der Waals surface area (Å²) < 4.78 is 0. The minimum atomic E-state index is -0.383. The lowest BCUT2D eigenvalue weighted by atomic mass is 10.1. The van der Waals surface area contributed by atoms with E-state index in [1.54, 1.807) is 6.08 Å². The summed E-state index contributed by atoms with van der Waals surface area (Å²) in [5.74, 6) is -0.0886. The van der Waals surface area contributed by atoms with Gasteiger partial charge in [0.05, 0.1) is 6.04 Å². The van der Waals surface area contributed by atoms with Crippen LogP contribution in [-0.4, -0.2) is 32.1 Å². The molecule has 1 atom stereocenters.